The van der Waals surface area contributed by atoms with Gasteiger partial charge in [-0.1, -0.05) is 49.4 Å². The Bertz CT molecular complexity index is 913. The number of hydrogen-bond acceptors (Lipinski definition) is 4. The third-order valence-corrected chi connectivity index (χ3v) is 6.74. The van der Waals surface area contributed by atoms with Crippen LogP contribution in [0.5, 0.6) is 0 Å². The molecule has 3 aromatic rings. The number of aryl methyl sites for hydroxylation is 2. The first-order chi connectivity index (χ1) is 12.2. The van der Waals surface area contributed by atoms with Crippen molar-refractivity contribution in [1.29, 1.82) is 0 Å². The number of rotatable bonds is 4. The Labute approximate surface area is 157 Å². The Balaban J connectivity index is 1.59. The van der Waals surface area contributed by atoms with Crippen LogP contribution in [0.25, 0.3) is 16.3 Å². The van der Waals surface area contributed by atoms with Gasteiger partial charge in [-0.25, -0.2) is 9.97 Å². The van der Waals surface area contributed by atoms with Crippen molar-refractivity contribution in [3.8, 4) is 0 Å². The molecule has 0 saturated carbocycles. The van der Waals surface area contributed by atoms with Crippen molar-refractivity contribution in [2.24, 2.45) is 5.92 Å². The smallest absolute Gasteiger partial charge is 0.128 e. The highest BCUT2D eigenvalue weighted by Crippen LogP contribution is 2.40. The Kier molecular flexibility index (Phi) is 4.91. The molecule has 1 aromatic carbocycles. The lowest BCUT2D eigenvalue weighted by Crippen LogP contribution is -2.08. The van der Waals surface area contributed by atoms with E-state index >= 15 is 0 Å². The lowest BCUT2D eigenvalue weighted by molar-refractivity contribution is 0.509. The first-order valence-electron chi connectivity index (χ1n) is 8.84. The summed E-state index contributed by atoms with van der Waals surface area (Å²) in [5.41, 5.74) is 2.77. The highest BCUT2D eigenvalue weighted by atomic mass is 32.2. The zero-order valence-corrected chi connectivity index (χ0v) is 16.3. The Hall–Kier alpha value is -1.65. The van der Waals surface area contributed by atoms with Crippen LogP contribution in [-0.4, -0.2) is 15.7 Å². The summed E-state index contributed by atoms with van der Waals surface area (Å²) < 4.78 is 0. The molecule has 0 bridgehead atoms. The molecule has 0 saturated heterocycles. The van der Waals surface area contributed by atoms with Gasteiger partial charge in [-0.2, -0.15) is 0 Å². The van der Waals surface area contributed by atoms with Crippen LogP contribution in [0.2, 0.25) is 0 Å². The van der Waals surface area contributed by atoms with Gasteiger partial charge in [-0.05, 0) is 43.2 Å². The van der Waals surface area contributed by atoms with Gasteiger partial charge in [0.2, 0.25) is 0 Å². The molecule has 2 nitrogen and oxygen atoms in total. The normalized spacial score (nSPS) is 17.3. The zero-order chi connectivity index (χ0) is 17.2. The van der Waals surface area contributed by atoms with E-state index in [-0.39, 0.29) is 0 Å². The van der Waals surface area contributed by atoms with Crippen LogP contribution in [0.15, 0.2) is 41.4 Å². The molecule has 1 aliphatic carbocycles. The van der Waals surface area contributed by atoms with E-state index in [0.29, 0.717) is 0 Å². The van der Waals surface area contributed by atoms with Crippen LogP contribution in [0.1, 0.15) is 35.2 Å². The third kappa shape index (κ3) is 3.65. The fraction of sp³-hybridized carbons (Fsp3) is 0.333. The van der Waals surface area contributed by atoms with Gasteiger partial charge < -0.3 is 0 Å². The first kappa shape index (κ1) is 16.8. The molecule has 0 N–H and O–H groups in total. The van der Waals surface area contributed by atoms with Gasteiger partial charge >= 0.3 is 0 Å². The molecular weight excluding hydrogens is 344 g/mol. The first-order valence-corrected chi connectivity index (χ1v) is 10.6. The SMILES string of the molecule is Cc1nc(SC/C=C/c2ccccc2)c2c3c(sc2n1)C[C@@H](C)CC3. The molecule has 4 rings (SSSR count). The summed E-state index contributed by atoms with van der Waals surface area (Å²) in [6.07, 6.45) is 8.07. The molecule has 0 unspecified atom stereocenters. The zero-order valence-electron chi connectivity index (χ0n) is 14.7. The second-order valence-electron chi connectivity index (χ2n) is 6.73. The summed E-state index contributed by atoms with van der Waals surface area (Å²) in [4.78, 5) is 12.2. The molecule has 2 aromatic heterocycles. The minimum absolute atomic E-state index is 0.791. The van der Waals surface area contributed by atoms with Crippen molar-refractivity contribution < 1.29 is 0 Å². The molecule has 1 aliphatic rings. The van der Waals surface area contributed by atoms with E-state index in [1.54, 1.807) is 0 Å². The van der Waals surface area contributed by atoms with E-state index in [2.05, 4.69) is 43.3 Å². The summed E-state index contributed by atoms with van der Waals surface area (Å²) in [5, 5.41) is 2.49. The molecule has 0 spiro atoms. The number of benzene rings is 1. The van der Waals surface area contributed by atoms with Crippen molar-refractivity contribution in [1.82, 2.24) is 9.97 Å². The maximum Gasteiger partial charge on any atom is 0.128 e. The van der Waals surface area contributed by atoms with Crippen LogP contribution >= 0.6 is 23.1 Å². The van der Waals surface area contributed by atoms with E-state index in [0.717, 1.165) is 22.5 Å². The highest BCUT2D eigenvalue weighted by Gasteiger charge is 2.23. The number of aromatic nitrogens is 2. The molecule has 1 atom stereocenters. The molecule has 128 valence electrons. The highest BCUT2D eigenvalue weighted by molar-refractivity contribution is 7.99. The Morgan fingerprint density at radius 3 is 2.92 bits per heavy atom. The van der Waals surface area contributed by atoms with E-state index in [1.165, 1.54) is 45.5 Å². The average Bonchev–Trinajstić information content (AvgIpc) is 2.96. The minimum Gasteiger partial charge on any atom is -0.226 e. The van der Waals surface area contributed by atoms with Gasteiger partial charge in [0, 0.05) is 16.0 Å². The molecule has 4 heteroatoms. The van der Waals surface area contributed by atoms with Crippen molar-refractivity contribution >= 4 is 39.4 Å². The summed E-state index contributed by atoms with van der Waals surface area (Å²) in [7, 11) is 0. The molecule has 0 radical (unpaired) electrons. The van der Waals surface area contributed by atoms with Crippen LogP contribution in [0.3, 0.4) is 0 Å². The number of nitrogens with zero attached hydrogens (tertiary/aromatic N) is 2. The van der Waals surface area contributed by atoms with Gasteiger partial charge in [-0.3, -0.25) is 0 Å². The second-order valence-corrected chi connectivity index (χ2v) is 8.82. The van der Waals surface area contributed by atoms with Gasteiger partial charge in [0.25, 0.3) is 0 Å². The van der Waals surface area contributed by atoms with Gasteiger partial charge in [0.05, 0.1) is 0 Å². The summed E-state index contributed by atoms with van der Waals surface area (Å²) in [6.45, 7) is 4.36. The van der Waals surface area contributed by atoms with Crippen molar-refractivity contribution in [2.75, 3.05) is 5.75 Å². The summed E-state index contributed by atoms with van der Waals surface area (Å²) in [5.74, 6) is 2.61. The Morgan fingerprint density at radius 1 is 1.24 bits per heavy atom. The van der Waals surface area contributed by atoms with Crippen LogP contribution in [0.4, 0.5) is 0 Å². The molecule has 0 fully saturated rings. The Morgan fingerprint density at radius 2 is 2.08 bits per heavy atom. The second kappa shape index (κ2) is 7.30. The van der Waals surface area contributed by atoms with Crippen LogP contribution < -0.4 is 0 Å². The average molecular weight is 367 g/mol. The van der Waals surface area contributed by atoms with Gasteiger partial charge in [0.15, 0.2) is 0 Å². The molecule has 2 heterocycles. The minimum atomic E-state index is 0.791. The number of thiophene rings is 1. The van der Waals surface area contributed by atoms with E-state index in [9.17, 15) is 0 Å². The van der Waals surface area contributed by atoms with Crippen molar-refractivity contribution in [2.45, 2.75) is 38.1 Å². The fourth-order valence-corrected chi connectivity index (χ4v) is 5.79. The van der Waals surface area contributed by atoms with Gasteiger partial charge in [0.1, 0.15) is 15.7 Å². The lowest BCUT2D eigenvalue weighted by atomic mass is 9.89. The van der Waals surface area contributed by atoms with Crippen molar-refractivity contribution in [3.63, 3.8) is 0 Å². The number of fused-ring (bicyclic) bond motifs is 3. The van der Waals surface area contributed by atoms with E-state index < -0.39 is 0 Å². The quantitative estimate of drug-likeness (QED) is 0.423. The van der Waals surface area contributed by atoms with Crippen molar-refractivity contribution in [3.05, 3.63) is 58.2 Å². The predicted octanol–water partition coefficient (Wildman–Crippen LogP) is 5.93. The lowest BCUT2D eigenvalue weighted by Gasteiger charge is -2.18. The molecule has 0 amide bonds. The van der Waals surface area contributed by atoms with Crippen LogP contribution in [-0.2, 0) is 12.8 Å². The van der Waals surface area contributed by atoms with E-state index in [4.69, 9.17) is 9.97 Å². The van der Waals surface area contributed by atoms with Crippen LogP contribution in [0, 0.1) is 12.8 Å². The largest absolute Gasteiger partial charge is 0.226 e. The number of thioether (sulfide) groups is 1. The topological polar surface area (TPSA) is 25.8 Å². The molecule has 25 heavy (non-hydrogen) atoms. The summed E-state index contributed by atoms with van der Waals surface area (Å²) in [6, 6.07) is 10.5. The van der Waals surface area contributed by atoms with E-state index in [1.807, 2.05) is 36.1 Å². The maximum absolute atomic E-state index is 4.77. The predicted molar refractivity (Wildman–Crippen MR) is 110 cm³/mol. The van der Waals surface area contributed by atoms with Gasteiger partial charge in [-0.15, -0.1) is 23.1 Å². The summed E-state index contributed by atoms with van der Waals surface area (Å²) >= 11 is 3.72. The molecule has 0 aliphatic heterocycles. The fourth-order valence-electron chi connectivity index (χ4n) is 3.39. The maximum atomic E-state index is 4.77. The standard InChI is InChI=1S/C21H22N2S2/c1-14-10-11-17-18(13-14)25-21-19(17)20(22-15(2)23-21)24-12-6-9-16-7-4-3-5-8-16/h3-9,14H,10-13H2,1-2H3/b9-6+/t14-/m0/s1. The number of hydrogen-bond donors (Lipinski definition) is 0. The monoisotopic (exact) mass is 366 g/mol. The third-order valence-electron chi connectivity index (χ3n) is 4.66. The molecular formula is C21H22N2S2.